The molecule has 0 unspecified atom stereocenters. The monoisotopic (exact) mass is 240 g/mol. The van der Waals surface area contributed by atoms with E-state index in [0.29, 0.717) is 0 Å². The Morgan fingerprint density at radius 1 is 1.22 bits per heavy atom. The zero-order chi connectivity index (χ0) is 12.5. The minimum atomic E-state index is 0.735. The molecule has 18 heavy (non-hydrogen) atoms. The summed E-state index contributed by atoms with van der Waals surface area (Å²) < 4.78 is 0. The molecule has 0 bridgehead atoms. The lowest BCUT2D eigenvalue weighted by molar-refractivity contribution is 0.620. The van der Waals surface area contributed by atoms with Crippen molar-refractivity contribution in [3.8, 4) is 11.5 Å². The van der Waals surface area contributed by atoms with Gasteiger partial charge in [-0.3, -0.25) is 4.98 Å². The first kappa shape index (κ1) is 11.3. The zero-order valence-electron chi connectivity index (χ0n) is 10.7. The molecule has 0 spiro atoms. The van der Waals surface area contributed by atoms with E-state index in [4.69, 9.17) is 0 Å². The molecule has 4 nitrogen and oxygen atoms in total. The number of aromatic nitrogens is 3. The third-order valence-electron chi connectivity index (χ3n) is 3.29. The van der Waals surface area contributed by atoms with E-state index in [2.05, 4.69) is 34.1 Å². The Balaban J connectivity index is 2.11. The summed E-state index contributed by atoms with van der Waals surface area (Å²) in [4.78, 5) is 13.6. The predicted molar refractivity (Wildman–Crippen MR) is 70.1 cm³/mol. The van der Waals surface area contributed by atoms with Gasteiger partial charge >= 0.3 is 0 Å². The van der Waals surface area contributed by atoms with Crippen LogP contribution in [0.15, 0.2) is 18.3 Å². The van der Waals surface area contributed by atoms with Crippen LogP contribution in [0.2, 0.25) is 0 Å². The number of nitrogens with zero attached hydrogens (tertiary/aromatic N) is 3. The largest absolute Gasteiger partial charge is 0.311 e. The van der Waals surface area contributed by atoms with Gasteiger partial charge in [-0.2, -0.15) is 0 Å². The maximum absolute atomic E-state index is 4.65. The lowest BCUT2D eigenvalue weighted by atomic mass is 10.0. The number of hydrogen-bond acceptors (Lipinski definition) is 4. The van der Waals surface area contributed by atoms with Crippen LogP contribution < -0.4 is 5.32 Å². The second kappa shape index (κ2) is 4.46. The Morgan fingerprint density at radius 3 is 2.94 bits per heavy atom. The number of hydrogen-bond donors (Lipinski definition) is 1. The third-order valence-corrected chi connectivity index (χ3v) is 3.29. The summed E-state index contributed by atoms with van der Waals surface area (Å²) in [6.07, 6.45) is 2.82. The van der Waals surface area contributed by atoms with Gasteiger partial charge in [0.2, 0.25) is 0 Å². The number of pyridine rings is 1. The Kier molecular flexibility index (Phi) is 2.80. The fourth-order valence-corrected chi connectivity index (χ4v) is 2.32. The first-order chi connectivity index (χ1) is 8.74. The fourth-order valence-electron chi connectivity index (χ4n) is 2.32. The summed E-state index contributed by atoms with van der Waals surface area (Å²) >= 11 is 0. The van der Waals surface area contributed by atoms with Gasteiger partial charge in [-0.1, -0.05) is 0 Å². The zero-order valence-corrected chi connectivity index (χ0v) is 10.7. The Bertz CT molecular complexity index is 592. The number of fused-ring (bicyclic) bond motifs is 1. The summed E-state index contributed by atoms with van der Waals surface area (Å²) in [5.41, 5.74) is 5.53. The molecular weight excluding hydrogens is 224 g/mol. The molecule has 0 radical (unpaired) electrons. The summed E-state index contributed by atoms with van der Waals surface area (Å²) in [6.45, 7) is 5.96. The highest BCUT2D eigenvalue weighted by molar-refractivity contribution is 5.51. The van der Waals surface area contributed by atoms with Gasteiger partial charge in [0.25, 0.3) is 0 Å². The highest BCUT2D eigenvalue weighted by Gasteiger charge is 2.16. The van der Waals surface area contributed by atoms with E-state index in [1.807, 2.05) is 12.1 Å². The van der Waals surface area contributed by atoms with Crippen LogP contribution >= 0.6 is 0 Å². The van der Waals surface area contributed by atoms with Crippen molar-refractivity contribution in [3.05, 3.63) is 40.8 Å². The van der Waals surface area contributed by atoms with Gasteiger partial charge in [-0.15, -0.1) is 0 Å². The van der Waals surface area contributed by atoms with Gasteiger partial charge in [0.05, 0.1) is 5.69 Å². The predicted octanol–water partition coefficient (Wildman–Crippen LogP) is 1.80. The van der Waals surface area contributed by atoms with E-state index >= 15 is 0 Å². The van der Waals surface area contributed by atoms with E-state index in [9.17, 15) is 0 Å². The summed E-state index contributed by atoms with van der Waals surface area (Å²) in [5.74, 6) is 0.735. The van der Waals surface area contributed by atoms with Gasteiger partial charge in [-0.25, -0.2) is 9.97 Å². The van der Waals surface area contributed by atoms with Crippen LogP contribution in [0.1, 0.15) is 22.5 Å². The highest BCUT2D eigenvalue weighted by Crippen LogP contribution is 2.20. The first-order valence-electron chi connectivity index (χ1n) is 6.24. The van der Waals surface area contributed by atoms with E-state index in [1.165, 1.54) is 11.1 Å². The second-order valence-electron chi connectivity index (χ2n) is 4.70. The summed E-state index contributed by atoms with van der Waals surface area (Å²) in [7, 11) is 0. The van der Waals surface area contributed by atoms with Crippen molar-refractivity contribution in [2.45, 2.75) is 26.8 Å². The Labute approximate surface area is 107 Å². The van der Waals surface area contributed by atoms with Crippen LogP contribution in [0.25, 0.3) is 11.5 Å². The maximum Gasteiger partial charge on any atom is 0.178 e. The van der Waals surface area contributed by atoms with Gasteiger partial charge < -0.3 is 5.32 Å². The molecule has 0 fully saturated rings. The fraction of sp³-hybridized carbons (Fsp3) is 0.357. The number of nitrogens with one attached hydrogen (secondary N) is 1. The van der Waals surface area contributed by atoms with Crippen molar-refractivity contribution in [1.82, 2.24) is 20.3 Å². The normalized spacial score (nSPS) is 14.3. The molecule has 2 aromatic rings. The summed E-state index contributed by atoms with van der Waals surface area (Å²) in [6, 6.07) is 4.01. The molecule has 1 aliphatic heterocycles. The van der Waals surface area contributed by atoms with Crippen molar-refractivity contribution < 1.29 is 0 Å². The molecule has 0 aromatic carbocycles. The molecule has 0 saturated carbocycles. The van der Waals surface area contributed by atoms with Gasteiger partial charge in [-0.05, 0) is 50.1 Å². The van der Waals surface area contributed by atoms with Crippen LogP contribution in [0, 0.1) is 13.8 Å². The standard InChI is InChI=1S/C14H16N4/c1-9-3-6-16-12(7-9)14-17-10(2)11-4-5-15-8-13(11)18-14/h3,6-7,15H,4-5,8H2,1-2H3. The lowest BCUT2D eigenvalue weighted by Crippen LogP contribution is -2.26. The topological polar surface area (TPSA) is 50.7 Å². The van der Waals surface area contributed by atoms with Crippen molar-refractivity contribution in [2.75, 3.05) is 6.54 Å². The average molecular weight is 240 g/mol. The van der Waals surface area contributed by atoms with Crippen molar-refractivity contribution in [3.63, 3.8) is 0 Å². The van der Waals surface area contributed by atoms with E-state index in [-0.39, 0.29) is 0 Å². The van der Waals surface area contributed by atoms with E-state index < -0.39 is 0 Å². The molecule has 0 amide bonds. The summed E-state index contributed by atoms with van der Waals surface area (Å²) in [5, 5.41) is 3.35. The van der Waals surface area contributed by atoms with Crippen LogP contribution in [-0.4, -0.2) is 21.5 Å². The average Bonchev–Trinajstić information content (AvgIpc) is 2.39. The molecule has 0 atom stereocenters. The quantitative estimate of drug-likeness (QED) is 0.825. The second-order valence-corrected chi connectivity index (χ2v) is 4.70. The highest BCUT2D eigenvalue weighted by atomic mass is 15.0. The third kappa shape index (κ3) is 1.99. The smallest absolute Gasteiger partial charge is 0.178 e. The van der Waals surface area contributed by atoms with Crippen LogP contribution in [-0.2, 0) is 13.0 Å². The molecule has 3 rings (SSSR count). The minimum absolute atomic E-state index is 0.735. The van der Waals surface area contributed by atoms with Crippen molar-refractivity contribution >= 4 is 0 Å². The van der Waals surface area contributed by atoms with E-state index in [0.717, 1.165) is 42.4 Å². The molecule has 92 valence electrons. The van der Waals surface area contributed by atoms with Gasteiger partial charge in [0.1, 0.15) is 5.69 Å². The molecule has 1 aliphatic rings. The number of aryl methyl sites for hydroxylation is 2. The molecule has 4 heteroatoms. The minimum Gasteiger partial charge on any atom is -0.311 e. The van der Waals surface area contributed by atoms with Crippen LogP contribution in [0.5, 0.6) is 0 Å². The molecular formula is C14H16N4. The molecule has 3 heterocycles. The van der Waals surface area contributed by atoms with Gasteiger partial charge in [0, 0.05) is 18.4 Å². The number of rotatable bonds is 1. The van der Waals surface area contributed by atoms with E-state index in [1.54, 1.807) is 6.20 Å². The SMILES string of the molecule is Cc1ccnc(-c2nc(C)c3c(n2)CNCC3)c1. The Hall–Kier alpha value is -1.81. The molecule has 0 aliphatic carbocycles. The first-order valence-corrected chi connectivity index (χ1v) is 6.24. The molecule has 2 aromatic heterocycles. The molecule has 0 saturated heterocycles. The lowest BCUT2D eigenvalue weighted by Gasteiger charge is -2.18. The van der Waals surface area contributed by atoms with Crippen LogP contribution in [0.3, 0.4) is 0 Å². The van der Waals surface area contributed by atoms with Crippen LogP contribution in [0.4, 0.5) is 0 Å². The van der Waals surface area contributed by atoms with Crippen molar-refractivity contribution in [1.29, 1.82) is 0 Å². The molecule has 1 N–H and O–H groups in total. The van der Waals surface area contributed by atoms with Gasteiger partial charge in [0.15, 0.2) is 5.82 Å². The van der Waals surface area contributed by atoms with Crippen molar-refractivity contribution in [2.24, 2.45) is 0 Å². The maximum atomic E-state index is 4.65. The Morgan fingerprint density at radius 2 is 2.11 bits per heavy atom.